The summed E-state index contributed by atoms with van der Waals surface area (Å²) in [6.07, 6.45) is 5.60. The largest absolute Gasteiger partial charge is 0.302 e. The summed E-state index contributed by atoms with van der Waals surface area (Å²) in [6.45, 7) is 5.11. The second-order valence-electron chi connectivity index (χ2n) is 7.52. The number of hydrogen-bond acceptors (Lipinski definition) is 2. The number of rotatable bonds is 7. The van der Waals surface area contributed by atoms with Crippen molar-refractivity contribution in [3.05, 3.63) is 70.5 Å². The minimum atomic E-state index is -0.117. The van der Waals surface area contributed by atoms with E-state index in [4.69, 9.17) is 4.84 Å². The first-order valence-corrected chi connectivity index (χ1v) is 9.70. The second kappa shape index (κ2) is 8.79. The Bertz CT molecular complexity index is 704. The average Bonchev–Trinajstić information content (AvgIpc) is 3.15. The van der Waals surface area contributed by atoms with Crippen LogP contribution >= 0.6 is 0 Å². The predicted molar refractivity (Wildman–Crippen MR) is 105 cm³/mol. The molecule has 1 atom stereocenters. The van der Waals surface area contributed by atoms with E-state index in [-0.39, 0.29) is 11.7 Å². The van der Waals surface area contributed by atoms with E-state index in [9.17, 15) is 4.39 Å². The molecular weight excluding hydrogens is 325 g/mol. The molecule has 0 saturated heterocycles. The lowest BCUT2D eigenvalue weighted by atomic mass is 9.85. The van der Waals surface area contributed by atoms with E-state index in [0.29, 0.717) is 12.5 Å². The van der Waals surface area contributed by atoms with Crippen LogP contribution in [0.2, 0.25) is 0 Å². The molecule has 3 heteroatoms. The van der Waals surface area contributed by atoms with E-state index in [1.54, 1.807) is 19.2 Å². The molecule has 0 amide bonds. The Morgan fingerprint density at radius 3 is 2.31 bits per heavy atom. The lowest BCUT2D eigenvalue weighted by Gasteiger charge is -2.32. The standard InChI is InChI=1S/C23H30FNO/c1-17-9-8-10-18(2)23(17)20(15-19-11-4-7-14-22(19)24)16-25(26-3)21-12-5-6-13-21/h4,7-11,14,20-21H,5-6,12-13,15-16H2,1-3H3. The van der Waals surface area contributed by atoms with Gasteiger partial charge in [0.15, 0.2) is 0 Å². The van der Waals surface area contributed by atoms with Gasteiger partial charge in [-0.25, -0.2) is 4.39 Å². The Labute approximate surface area is 156 Å². The van der Waals surface area contributed by atoms with Gasteiger partial charge >= 0.3 is 0 Å². The lowest BCUT2D eigenvalue weighted by molar-refractivity contribution is -0.163. The zero-order chi connectivity index (χ0) is 18.5. The molecule has 0 aliphatic heterocycles. The smallest absolute Gasteiger partial charge is 0.126 e. The highest BCUT2D eigenvalue weighted by molar-refractivity contribution is 5.38. The molecule has 0 N–H and O–H groups in total. The molecule has 1 unspecified atom stereocenters. The molecule has 1 saturated carbocycles. The van der Waals surface area contributed by atoms with E-state index < -0.39 is 0 Å². The molecule has 2 aromatic carbocycles. The molecule has 0 radical (unpaired) electrons. The molecule has 1 fully saturated rings. The summed E-state index contributed by atoms with van der Waals surface area (Å²) in [6, 6.07) is 14.0. The highest BCUT2D eigenvalue weighted by atomic mass is 19.1. The fourth-order valence-electron chi connectivity index (χ4n) is 4.44. The summed E-state index contributed by atoms with van der Waals surface area (Å²) in [5.74, 6) is 0.0854. The van der Waals surface area contributed by atoms with Crippen molar-refractivity contribution in [2.45, 2.75) is 57.9 Å². The van der Waals surface area contributed by atoms with Crippen LogP contribution < -0.4 is 0 Å². The average molecular weight is 355 g/mol. The van der Waals surface area contributed by atoms with Crippen LogP contribution in [-0.2, 0) is 11.3 Å². The van der Waals surface area contributed by atoms with Gasteiger partial charge in [-0.1, -0.05) is 49.2 Å². The van der Waals surface area contributed by atoms with Crippen molar-refractivity contribution in [1.82, 2.24) is 5.06 Å². The zero-order valence-corrected chi connectivity index (χ0v) is 16.2. The predicted octanol–water partition coefficient (Wildman–Crippen LogP) is 5.57. The Morgan fingerprint density at radius 2 is 1.69 bits per heavy atom. The van der Waals surface area contributed by atoms with Crippen LogP contribution in [0.4, 0.5) is 4.39 Å². The molecular formula is C23H30FNO. The van der Waals surface area contributed by atoms with Crippen molar-refractivity contribution in [1.29, 1.82) is 0 Å². The summed E-state index contributed by atoms with van der Waals surface area (Å²) in [5.41, 5.74) is 4.65. The first-order chi connectivity index (χ1) is 12.6. The maximum absolute atomic E-state index is 14.3. The molecule has 1 aliphatic carbocycles. The summed E-state index contributed by atoms with van der Waals surface area (Å²) >= 11 is 0. The number of benzene rings is 2. The van der Waals surface area contributed by atoms with E-state index >= 15 is 0 Å². The Hall–Kier alpha value is -1.71. The van der Waals surface area contributed by atoms with Gasteiger partial charge in [0.2, 0.25) is 0 Å². The van der Waals surface area contributed by atoms with Gasteiger partial charge in [0.25, 0.3) is 0 Å². The van der Waals surface area contributed by atoms with Crippen molar-refractivity contribution in [3.63, 3.8) is 0 Å². The third kappa shape index (κ3) is 4.33. The highest BCUT2D eigenvalue weighted by Gasteiger charge is 2.27. The minimum absolute atomic E-state index is 0.117. The monoisotopic (exact) mass is 355 g/mol. The molecule has 3 rings (SSSR count). The van der Waals surface area contributed by atoms with Crippen LogP contribution in [0.3, 0.4) is 0 Å². The maximum atomic E-state index is 14.3. The van der Waals surface area contributed by atoms with Crippen LogP contribution in [0.15, 0.2) is 42.5 Å². The third-order valence-electron chi connectivity index (χ3n) is 5.74. The lowest BCUT2D eigenvalue weighted by Crippen LogP contribution is -2.36. The van der Waals surface area contributed by atoms with E-state index in [0.717, 1.165) is 12.1 Å². The molecule has 0 aromatic heterocycles. The van der Waals surface area contributed by atoms with Crippen LogP contribution in [0.1, 0.15) is 53.9 Å². The van der Waals surface area contributed by atoms with E-state index in [1.807, 2.05) is 12.1 Å². The fourth-order valence-corrected chi connectivity index (χ4v) is 4.44. The molecule has 26 heavy (non-hydrogen) atoms. The number of hydrogen-bond donors (Lipinski definition) is 0. The third-order valence-corrected chi connectivity index (χ3v) is 5.74. The summed E-state index contributed by atoms with van der Waals surface area (Å²) < 4.78 is 14.3. The summed E-state index contributed by atoms with van der Waals surface area (Å²) in [5, 5.41) is 2.14. The SMILES string of the molecule is CON(CC(Cc1ccccc1F)c1c(C)cccc1C)C1CCCC1. The van der Waals surface area contributed by atoms with Gasteiger partial charge in [0, 0.05) is 18.5 Å². The first-order valence-electron chi connectivity index (χ1n) is 9.70. The zero-order valence-electron chi connectivity index (χ0n) is 16.2. The number of hydroxylamine groups is 2. The van der Waals surface area contributed by atoms with Crippen molar-refractivity contribution in [3.8, 4) is 0 Å². The van der Waals surface area contributed by atoms with Crippen LogP contribution in [0.5, 0.6) is 0 Å². The van der Waals surface area contributed by atoms with Crippen molar-refractivity contribution >= 4 is 0 Å². The molecule has 140 valence electrons. The van der Waals surface area contributed by atoms with Crippen LogP contribution in [0, 0.1) is 19.7 Å². The van der Waals surface area contributed by atoms with E-state index in [1.165, 1.54) is 42.4 Å². The minimum Gasteiger partial charge on any atom is -0.302 e. The van der Waals surface area contributed by atoms with Gasteiger partial charge in [-0.2, -0.15) is 5.06 Å². The van der Waals surface area contributed by atoms with Gasteiger partial charge in [-0.05, 0) is 61.4 Å². The maximum Gasteiger partial charge on any atom is 0.126 e. The van der Waals surface area contributed by atoms with Crippen molar-refractivity contribution in [2.75, 3.05) is 13.7 Å². The fraction of sp³-hybridized carbons (Fsp3) is 0.478. The molecule has 0 bridgehead atoms. The van der Waals surface area contributed by atoms with Gasteiger partial charge in [0.1, 0.15) is 5.82 Å². The molecule has 0 heterocycles. The highest BCUT2D eigenvalue weighted by Crippen LogP contribution is 2.32. The Balaban J connectivity index is 1.91. The normalized spacial score (nSPS) is 16.3. The molecule has 2 aromatic rings. The van der Waals surface area contributed by atoms with Gasteiger partial charge in [0.05, 0.1) is 7.11 Å². The molecule has 1 aliphatic rings. The number of aryl methyl sites for hydroxylation is 2. The van der Waals surface area contributed by atoms with Gasteiger partial charge in [-0.15, -0.1) is 0 Å². The molecule has 2 nitrogen and oxygen atoms in total. The summed E-state index contributed by atoms with van der Waals surface area (Å²) in [4.78, 5) is 5.77. The summed E-state index contributed by atoms with van der Waals surface area (Å²) in [7, 11) is 1.77. The quantitative estimate of drug-likeness (QED) is 0.602. The Kier molecular flexibility index (Phi) is 6.44. The Morgan fingerprint density at radius 1 is 1.04 bits per heavy atom. The van der Waals surface area contributed by atoms with Gasteiger partial charge < -0.3 is 4.84 Å². The number of nitrogens with zero attached hydrogens (tertiary/aromatic N) is 1. The van der Waals surface area contributed by atoms with Gasteiger partial charge in [-0.3, -0.25) is 0 Å². The van der Waals surface area contributed by atoms with Crippen molar-refractivity contribution < 1.29 is 9.23 Å². The van der Waals surface area contributed by atoms with Crippen LogP contribution in [-0.4, -0.2) is 24.8 Å². The topological polar surface area (TPSA) is 12.5 Å². The van der Waals surface area contributed by atoms with Crippen LogP contribution in [0.25, 0.3) is 0 Å². The molecule has 0 spiro atoms. The second-order valence-corrected chi connectivity index (χ2v) is 7.52. The first kappa shape index (κ1) is 19.1. The number of halogens is 1. The van der Waals surface area contributed by atoms with E-state index in [2.05, 4.69) is 37.1 Å². The van der Waals surface area contributed by atoms with Crippen molar-refractivity contribution in [2.24, 2.45) is 0 Å².